The molecule has 0 unspecified atom stereocenters. The lowest BCUT2D eigenvalue weighted by atomic mass is 9.77. The minimum Gasteiger partial charge on any atom is -0.497 e. The third-order valence-electron chi connectivity index (χ3n) is 7.55. The number of aromatic amines is 1. The maximum Gasteiger partial charge on any atom is 0.280 e. The fourth-order valence-electron chi connectivity index (χ4n) is 5.39. The first-order chi connectivity index (χ1) is 19.8. The monoisotopic (exact) mass is 551 g/mol. The normalized spacial score (nSPS) is 20.6. The van der Waals surface area contributed by atoms with Gasteiger partial charge in [0.2, 0.25) is 12.2 Å². The van der Waals surface area contributed by atoms with Crippen LogP contribution in [-0.4, -0.2) is 48.5 Å². The van der Waals surface area contributed by atoms with Crippen LogP contribution >= 0.6 is 0 Å². The van der Waals surface area contributed by atoms with Gasteiger partial charge in [0.05, 0.1) is 7.11 Å². The molecule has 1 fully saturated rings. The molecule has 208 valence electrons. The van der Waals surface area contributed by atoms with Crippen LogP contribution in [-0.2, 0) is 10.3 Å². The Morgan fingerprint density at radius 1 is 1.02 bits per heavy atom. The second kappa shape index (κ2) is 9.92. The molecule has 1 aliphatic rings. The van der Waals surface area contributed by atoms with Crippen molar-refractivity contribution in [2.75, 3.05) is 12.4 Å². The second-order valence-corrected chi connectivity index (χ2v) is 10.1. The summed E-state index contributed by atoms with van der Waals surface area (Å²) in [6.45, 7) is 5.12. The first kappa shape index (κ1) is 26.3. The van der Waals surface area contributed by atoms with Gasteiger partial charge in [0.15, 0.2) is 16.8 Å². The molecule has 3 aromatic carbocycles. The van der Waals surface area contributed by atoms with E-state index in [1.165, 1.54) is 17.8 Å². The van der Waals surface area contributed by atoms with Gasteiger partial charge >= 0.3 is 0 Å². The Labute approximate surface area is 235 Å². The molecule has 2 aromatic heterocycles. The lowest BCUT2D eigenvalue weighted by Gasteiger charge is -2.37. The van der Waals surface area contributed by atoms with Crippen molar-refractivity contribution in [3.05, 3.63) is 131 Å². The molecule has 0 amide bonds. The largest absolute Gasteiger partial charge is 0.497 e. The van der Waals surface area contributed by atoms with Crippen molar-refractivity contribution < 1.29 is 19.7 Å². The smallest absolute Gasteiger partial charge is 0.280 e. The lowest BCUT2D eigenvalue weighted by Crippen LogP contribution is -2.41. The Morgan fingerprint density at radius 2 is 1.61 bits per heavy atom. The van der Waals surface area contributed by atoms with E-state index in [1.54, 1.807) is 7.11 Å². The Hall–Kier alpha value is -4.93. The summed E-state index contributed by atoms with van der Waals surface area (Å²) in [7, 11) is 1.61. The zero-order valence-corrected chi connectivity index (χ0v) is 22.5. The maximum absolute atomic E-state index is 13.3. The predicted octanol–water partition coefficient (Wildman–Crippen LogP) is 3.69. The zero-order chi connectivity index (χ0) is 28.8. The third-order valence-corrected chi connectivity index (χ3v) is 7.55. The van der Waals surface area contributed by atoms with Crippen molar-refractivity contribution in [2.24, 2.45) is 0 Å². The Kier molecular flexibility index (Phi) is 6.36. The van der Waals surface area contributed by atoms with Crippen molar-refractivity contribution in [1.29, 1.82) is 0 Å². The summed E-state index contributed by atoms with van der Waals surface area (Å²) < 4.78 is 12.5. The van der Waals surface area contributed by atoms with Gasteiger partial charge in [-0.1, -0.05) is 79.4 Å². The number of fused-ring (bicyclic) bond motifs is 1. The average molecular weight is 552 g/mol. The summed E-state index contributed by atoms with van der Waals surface area (Å²) >= 11 is 0. The van der Waals surface area contributed by atoms with Crippen LogP contribution < -0.4 is 15.6 Å². The van der Waals surface area contributed by atoms with Gasteiger partial charge in [-0.05, 0) is 35.7 Å². The van der Waals surface area contributed by atoms with Gasteiger partial charge in [-0.25, -0.2) is 4.98 Å². The summed E-state index contributed by atoms with van der Waals surface area (Å²) in [5.74, 6) is 0.870. The number of hydrogen-bond donors (Lipinski definition) is 4. The zero-order valence-electron chi connectivity index (χ0n) is 22.5. The number of aliphatic hydroxyl groups excluding tert-OH is 1. The molecule has 10 nitrogen and oxygen atoms in total. The first-order valence-corrected chi connectivity index (χ1v) is 13.0. The SMILES string of the molecule is C=C1O[C@@H](n2cnc3c(=O)[nH]c(NC(c4ccccc4)(c4ccccc4)c4ccc(OC)cc4)nc32)[C@](C)(O)[C@@H]1O. The molecule has 3 atom stereocenters. The minimum atomic E-state index is -1.73. The number of aliphatic hydroxyl groups is 2. The molecule has 41 heavy (non-hydrogen) atoms. The minimum absolute atomic E-state index is 0.0108. The molecule has 10 heteroatoms. The van der Waals surface area contributed by atoms with Crippen LogP contribution in [0.2, 0.25) is 0 Å². The van der Waals surface area contributed by atoms with E-state index in [9.17, 15) is 15.0 Å². The van der Waals surface area contributed by atoms with Crippen molar-refractivity contribution in [1.82, 2.24) is 19.5 Å². The fraction of sp³-hybridized carbons (Fsp3) is 0.194. The number of H-pyrrole nitrogens is 1. The highest BCUT2D eigenvalue weighted by molar-refractivity contribution is 5.72. The van der Waals surface area contributed by atoms with Gasteiger partial charge in [0, 0.05) is 0 Å². The highest BCUT2D eigenvalue weighted by Crippen LogP contribution is 2.42. The van der Waals surface area contributed by atoms with Gasteiger partial charge in [-0.15, -0.1) is 0 Å². The molecule has 5 aromatic rings. The standard InChI is InChI=1S/C31H29N5O5/c1-19-25(37)30(2,39)28(41-19)36-18-32-24-26(36)33-29(34-27(24)38)35-31(20-10-6-4-7-11-20,21-12-8-5-9-13-21)22-14-16-23(40-3)17-15-22/h4-18,25,28,37,39H,1H2,2-3H3,(H2,33,34,35,38)/t25-,28-,30-/m1/s1. The third kappa shape index (κ3) is 4.24. The Morgan fingerprint density at radius 3 is 2.15 bits per heavy atom. The lowest BCUT2D eigenvalue weighted by molar-refractivity contribution is -0.0918. The molecular formula is C31H29N5O5. The Balaban J connectivity index is 1.56. The number of anilines is 1. The molecule has 1 saturated heterocycles. The van der Waals surface area contributed by atoms with E-state index < -0.39 is 29.0 Å². The van der Waals surface area contributed by atoms with E-state index in [0.29, 0.717) is 5.75 Å². The number of aromatic nitrogens is 4. The van der Waals surface area contributed by atoms with Crippen LogP contribution in [0.5, 0.6) is 5.75 Å². The Bertz CT molecular complexity index is 1720. The van der Waals surface area contributed by atoms with Crippen LogP contribution in [0.15, 0.2) is 108 Å². The highest BCUT2D eigenvalue weighted by atomic mass is 16.6. The molecule has 4 N–H and O–H groups in total. The molecule has 3 heterocycles. The summed E-state index contributed by atoms with van der Waals surface area (Å²) in [5, 5.41) is 25.0. The number of ether oxygens (including phenoxy) is 2. The van der Waals surface area contributed by atoms with Gasteiger partial charge < -0.3 is 25.0 Å². The van der Waals surface area contributed by atoms with Crippen molar-refractivity contribution in [2.45, 2.75) is 30.4 Å². The van der Waals surface area contributed by atoms with Gasteiger partial charge in [0.1, 0.15) is 29.5 Å². The second-order valence-electron chi connectivity index (χ2n) is 10.1. The summed E-state index contributed by atoms with van der Waals surface area (Å²) in [4.78, 5) is 25.1. The van der Waals surface area contributed by atoms with E-state index in [0.717, 1.165) is 16.7 Å². The van der Waals surface area contributed by atoms with Gasteiger partial charge in [-0.3, -0.25) is 14.3 Å². The summed E-state index contributed by atoms with van der Waals surface area (Å²) in [6.07, 6.45) is -1.08. The van der Waals surface area contributed by atoms with E-state index in [2.05, 4.69) is 21.9 Å². The number of benzene rings is 3. The van der Waals surface area contributed by atoms with E-state index in [-0.39, 0.29) is 22.9 Å². The van der Waals surface area contributed by atoms with E-state index in [1.807, 2.05) is 84.9 Å². The number of hydrogen-bond acceptors (Lipinski definition) is 8. The van der Waals surface area contributed by atoms with Crippen LogP contribution in [0.4, 0.5) is 5.95 Å². The van der Waals surface area contributed by atoms with Gasteiger partial charge in [-0.2, -0.15) is 4.98 Å². The van der Waals surface area contributed by atoms with Crippen LogP contribution in [0.25, 0.3) is 11.2 Å². The van der Waals surface area contributed by atoms with Gasteiger partial charge in [0.25, 0.3) is 5.56 Å². The number of methoxy groups -OCH3 is 1. The van der Waals surface area contributed by atoms with Crippen molar-refractivity contribution in [3.8, 4) is 5.75 Å². The van der Waals surface area contributed by atoms with Crippen molar-refractivity contribution in [3.63, 3.8) is 0 Å². The molecule has 0 aliphatic carbocycles. The number of nitrogens with one attached hydrogen (secondary N) is 2. The summed E-state index contributed by atoms with van der Waals surface area (Å²) in [5.41, 5.74) is -0.341. The van der Waals surface area contributed by atoms with Crippen LogP contribution in [0, 0.1) is 0 Å². The molecular weight excluding hydrogens is 522 g/mol. The molecule has 1 aliphatic heterocycles. The van der Waals surface area contributed by atoms with E-state index >= 15 is 0 Å². The quantitative estimate of drug-likeness (QED) is 0.225. The maximum atomic E-state index is 13.3. The molecule has 0 spiro atoms. The number of rotatable bonds is 7. The average Bonchev–Trinajstić information content (AvgIpc) is 3.51. The van der Waals surface area contributed by atoms with Crippen LogP contribution in [0.3, 0.4) is 0 Å². The van der Waals surface area contributed by atoms with Crippen LogP contribution in [0.1, 0.15) is 29.8 Å². The fourth-order valence-corrected chi connectivity index (χ4v) is 5.39. The number of nitrogens with zero attached hydrogens (tertiary/aromatic N) is 3. The topological polar surface area (TPSA) is 135 Å². The van der Waals surface area contributed by atoms with E-state index in [4.69, 9.17) is 14.5 Å². The summed E-state index contributed by atoms with van der Waals surface area (Å²) in [6, 6.07) is 27.4. The highest BCUT2D eigenvalue weighted by Gasteiger charge is 2.51. The number of imidazole rings is 1. The predicted molar refractivity (Wildman–Crippen MR) is 153 cm³/mol. The first-order valence-electron chi connectivity index (χ1n) is 13.0. The van der Waals surface area contributed by atoms with Crippen molar-refractivity contribution >= 4 is 17.1 Å². The molecule has 6 rings (SSSR count). The molecule has 0 radical (unpaired) electrons. The molecule has 0 saturated carbocycles. The molecule has 0 bridgehead atoms.